The van der Waals surface area contributed by atoms with Crippen molar-refractivity contribution in [1.82, 2.24) is 4.72 Å². The maximum atomic E-state index is 11.9. The summed E-state index contributed by atoms with van der Waals surface area (Å²) in [7, 11) is -3.53. The van der Waals surface area contributed by atoms with Crippen LogP contribution < -0.4 is 4.72 Å². The summed E-state index contributed by atoms with van der Waals surface area (Å²) in [5, 5.41) is 10.5. The van der Waals surface area contributed by atoms with Crippen molar-refractivity contribution in [2.45, 2.75) is 11.8 Å². The molecule has 0 aliphatic rings. The van der Waals surface area contributed by atoms with E-state index in [1.54, 1.807) is 18.2 Å². The fourth-order valence-electron chi connectivity index (χ4n) is 1.77. The van der Waals surface area contributed by atoms with Gasteiger partial charge in [0.15, 0.2) is 0 Å². The molecule has 0 spiro atoms. The van der Waals surface area contributed by atoms with Crippen molar-refractivity contribution in [3.05, 3.63) is 42.0 Å². The fraction of sp³-hybridized carbons (Fsp3) is 0.231. The summed E-state index contributed by atoms with van der Waals surface area (Å²) in [6, 6.07) is 10.8. The molecule has 0 heterocycles. The predicted octanol–water partition coefficient (Wildman–Crippen LogP) is 1.42. The number of hydrogen-bond donors (Lipinski definition) is 2. The van der Waals surface area contributed by atoms with E-state index >= 15 is 0 Å². The Balaban J connectivity index is 2.44. The third-order valence-corrected chi connectivity index (χ3v) is 4.14. The largest absolute Gasteiger partial charge is 0.395 e. The lowest BCUT2D eigenvalue weighted by atomic mass is 10.1. The van der Waals surface area contributed by atoms with Gasteiger partial charge in [0.1, 0.15) is 0 Å². The summed E-state index contributed by atoms with van der Waals surface area (Å²) >= 11 is 0. The van der Waals surface area contributed by atoms with Crippen LogP contribution in [0, 0.1) is 6.92 Å². The van der Waals surface area contributed by atoms with E-state index in [1.165, 1.54) is 0 Å². The van der Waals surface area contributed by atoms with Crippen LogP contribution in [0.5, 0.6) is 0 Å². The van der Waals surface area contributed by atoms with Gasteiger partial charge in [0.2, 0.25) is 10.0 Å². The molecule has 2 aromatic carbocycles. The van der Waals surface area contributed by atoms with Gasteiger partial charge >= 0.3 is 0 Å². The van der Waals surface area contributed by atoms with Gasteiger partial charge in [0, 0.05) is 6.54 Å². The van der Waals surface area contributed by atoms with Crippen LogP contribution in [-0.4, -0.2) is 26.7 Å². The highest BCUT2D eigenvalue weighted by atomic mass is 32.2. The molecule has 0 aliphatic carbocycles. The van der Waals surface area contributed by atoms with Crippen molar-refractivity contribution < 1.29 is 13.5 Å². The maximum absolute atomic E-state index is 11.9. The molecular formula is C13H15NO3S. The Morgan fingerprint density at radius 3 is 2.50 bits per heavy atom. The van der Waals surface area contributed by atoms with Crippen molar-refractivity contribution in [2.24, 2.45) is 0 Å². The number of hydrogen-bond acceptors (Lipinski definition) is 3. The van der Waals surface area contributed by atoms with Gasteiger partial charge in [-0.15, -0.1) is 0 Å². The van der Waals surface area contributed by atoms with E-state index in [4.69, 9.17) is 5.11 Å². The predicted molar refractivity (Wildman–Crippen MR) is 71.0 cm³/mol. The Labute approximate surface area is 106 Å². The topological polar surface area (TPSA) is 66.4 Å². The summed E-state index contributed by atoms with van der Waals surface area (Å²) in [5.41, 5.74) is 1.14. The number of sulfonamides is 1. The van der Waals surface area contributed by atoms with Crippen LogP contribution >= 0.6 is 0 Å². The first-order valence-electron chi connectivity index (χ1n) is 5.64. The summed E-state index contributed by atoms with van der Waals surface area (Å²) in [6.07, 6.45) is 0. The molecule has 0 unspecified atom stereocenters. The number of aliphatic hydroxyl groups is 1. The number of fused-ring (bicyclic) bond motifs is 1. The van der Waals surface area contributed by atoms with Gasteiger partial charge in [-0.3, -0.25) is 0 Å². The average molecular weight is 265 g/mol. The molecule has 96 valence electrons. The number of nitrogens with one attached hydrogen (secondary N) is 1. The van der Waals surface area contributed by atoms with E-state index in [0.29, 0.717) is 0 Å². The molecule has 4 nitrogen and oxygen atoms in total. The molecule has 5 heteroatoms. The fourth-order valence-corrected chi connectivity index (χ4v) is 2.83. The standard InChI is InChI=1S/C13H15NO3S/c1-10-2-3-12-9-13(5-4-11(12)8-10)18(16,17)14-6-7-15/h2-5,8-9,14-15H,6-7H2,1H3. The van der Waals surface area contributed by atoms with Crippen molar-refractivity contribution in [3.63, 3.8) is 0 Å². The van der Waals surface area contributed by atoms with Gasteiger partial charge in [0.05, 0.1) is 11.5 Å². The lowest BCUT2D eigenvalue weighted by Crippen LogP contribution is -2.26. The molecule has 0 aliphatic heterocycles. The normalized spacial score (nSPS) is 11.9. The van der Waals surface area contributed by atoms with E-state index in [-0.39, 0.29) is 18.0 Å². The molecule has 0 atom stereocenters. The molecular weight excluding hydrogens is 250 g/mol. The number of benzene rings is 2. The third-order valence-electron chi connectivity index (χ3n) is 2.68. The minimum Gasteiger partial charge on any atom is -0.395 e. The molecule has 0 radical (unpaired) electrons. The van der Waals surface area contributed by atoms with Gasteiger partial charge in [-0.2, -0.15) is 0 Å². The van der Waals surface area contributed by atoms with Crippen molar-refractivity contribution in [1.29, 1.82) is 0 Å². The minimum atomic E-state index is -3.53. The molecule has 0 fully saturated rings. The number of aryl methyl sites for hydroxylation is 1. The van der Waals surface area contributed by atoms with Crippen molar-refractivity contribution >= 4 is 20.8 Å². The zero-order chi connectivity index (χ0) is 13.2. The Kier molecular flexibility index (Phi) is 3.65. The zero-order valence-electron chi connectivity index (χ0n) is 10.1. The van der Waals surface area contributed by atoms with E-state index in [1.807, 2.05) is 25.1 Å². The van der Waals surface area contributed by atoms with E-state index in [2.05, 4.69) is 4.72 Å². The molecule has 2 N–H and O–H groups in total. The SMILES string of the molecule is Cc1ccc2cc(S(=O)(=O)NCCO)ccc2c1. The number of rotatable bonds is 4. The Morgan fingerprint density at radius 1 is 1.11 bits per heavy atom. The lowest BCUT2D eigenvalue weighted by molar-refractivity contribution is 0.301. The van der Waals surface area contributed by atoms with Gasteiger partial charge < -0.3 is 5.11 Å². The van der Waals surface area contributed by atoms with Crippen LogP contribution in [0.25, 0.3) is 10.8 Å². The zero-order valence-corrected chi connectivity index (χ0v) is 10.9. The average Bonchev–Trinajstić information content (AvgIpc) is 2.35. The van der Waals surface area contributed by atoms with E-state index < -0.39 is 10.0 Å². The van der Waals surface area contributed by atoms with E-state index in [0.717, 1.165) is 16.3 Å². The second-order valence-electron chi connectivity index (χ2n) is 4.13. The molecule has 0 amide bonds. The van der Waals surface area contributed by atoms with Crippen LogP contribution in [0.2, 0.25) is 0 Å². The van der Waals surface area contributed by atoms with Gasteiger partial charge in [-0.25, -0.2) is 13.1 Å². The number of aliphatic hydroxyl groups excluding tert-OH is 1. The molecule has 0 saturated heterocycles. The molecule has 2 aromatic rings. The monoisotopic (exact) mass is 265 g/mol. The smallest absolute Gasteiger partial charge is 0.240 e. The molecule has 0 bridgehead atoms. The molecule has 0 aromatic heterocycles. The first-order chi connectivity index (χ1) is 8.53. The quantitative estimate of drug-likeness (QED) is 0.878. The highest BCUT2D eigenvalue weighted by Gasteiger charge is 2.13. The highest BCUT2D eigenvalue weighted by molar-refractivity contribution is 7.89. The molecule has 2 rings (SSSR count). The second-order valence-corrected chi connectivity index (χ2v) is 5.90. The van der Waals surface area contributed by atoms with Gasteiger partial charge in [-0.1, -0.05) is 29.8 Å². The molecule has 18 heavy (non-hydrogen) atoms. The highest BCUT2D eigenvalue weighted by Crippen LogP contribution is 2.20. The third kappa shape index (κ3) is 2.69. The summed E-state index contributed by atoms with van der Waals surface area (Å²) in [4.78, 5) is 0.215. The summed E-state index contributed by atoms with van der Waals surface area (Å²) in [5.74, 6) is 0. The van der Waals surface area contributed by atoms with Crippen LogP contribution in [0.4, 0.5) is 0 Å². The Hall–Kier alpha value is -1.43. The molecule has 0 saturated carbocycles. The van der Waals surface area contributed by atoms with Crippen LogP contribution in [-0.2, 0) is 10.0 Å². The summed E-state index contributed by atoms with van der Waals surface area (Å²) in [6.45, 7) is 1.80. The van der Waals surface area contributed by atoms with E-state index in [9.17, 15) is 8.42 Å². The van der Waals surface area contributed by atoms with Crippen molar-refractivity contribution in [2.75, 3.05) is 13.2 Å². The first-order valence-corrected chi connectivity index (χ1v) is 7.12. The Morgan fingerprint density at radius 2 is 1.78 bits per heavy atom. The minimum absolute atomic E-state index is 0.0221. The first kappa shape index (κ1) is 13.0. The lowest BCUT2D eigenvalue weighted by Gasteiger charge is -2.07. The maximum Gasteiger partial charge on any atom is 0.240 e. The van der Waals surface area contributed by atoms with Crippen LogP contribution in [0.1, 0.15) is 5.56 Å². The van der Waals surface area contributed by atoms with Crippen LogP contribution in [0.3, 0.4) is 0 Å². The summed E-state index contributed by atoms with van der Waals surface area (Å²) < 4.78 is 26.1. The Bertz CT molecular complexity index is 665. The second kappa shape index (κ2) is 5.06. The van der Waals surface area contributed by atoms with Crippen LogP contribution in [0.15, 0.2) is 41.3 Å². The van der Waals surface area contributed by atoms with Crippen molar-refractivity contribution in [3.8, 4) is 0 Å². The van der Waals surface area contributed by atoms with Gasteiger partial charge in [0.25, 0.3) is 0 Å². The van der Waals surface area contributed by atoms with Gasteiger partial charge in [-0.05, 0) is 29.8 Å².